The molecule has 0 saturated carbocycles. The van der Waals surface area contributed by atoms with E-state index in [-0.39, 0.29) is 0 Å². The number of carboxylic acids is 1. The second kappa shape index (κ2) is 10.4. The molecule has 0 unspecified atom stereocenters. The number of hydrogen-bond donors (Lipinski definition) is 3. The number of nitrogens with zero attached hydrogens (tertiary/aromatic N) is 2. The number of nitrogens with one attached hydrogen (secondary N) is 1. The van der Waals surface area contributed by atoms with E-state index in [0.717, 1.165) is 9.80 Å². The van der Waals surface area contributed by atoms with E-state index in [1.165, 1.54) is 27.9 Å². The van der Waals surface area contributed by atoms with Crippen molar-refractivity contribution >= 4 is 23.9 Å². The fraction of sp³-hybridized carbons (Fsp3) is 0.789. The summed E-state index contributed by atoms with van der Waals surface area (Å²) >= 11 is 0. The Balaban J connectivity index is 5.18. The van der Waals surface area contributed by atoms with Crippen LogP contribution in [0.3, 0.4) is 0 Å². The maximum absolute atomic E-state index is 12.7. The van der Waals surface area contributed by atoms with E-state index in [9.17, 15) is 29.4 Å². The van der Waals surface area contributed by atoms with Crippen LogP contribution in [0.15, 0.2) is 0 Å². The summed E-state index contributed by atoms with van der Waals surface area (Å²) in [5.41, 5.74) is -0.726. The van der Waals surface area contributed by atoms with Gasteiger partial charge in [0, 0.05) is 14.1 Å². The van der Waals surface area contributed by atoms with Crippen molar-refractivity contribution in [3.63, 3.8) is 0 Å². The third-order valence-electron chi connectivity index (χ3n) is 4.52. The first-order chi connectivity index (χ1) is 13.0. The summed E-state index contributed by atoms with van der Waals surface area (Å²) in [5.74, 6) is -3.04. The molecule has 0 aromatic heterocycles. The van der Waals surface area contributed by atoms with Gasteiger partial charge in [0.05, 0.1) is 6.10 Å². The van der Waals surface area contributed by atoms with Crippen LogP contribution >= 0.6 is 0 Å². The SMILES string of the molecule is CC(C)[C@@H](O)[C@@H](NC(=O)[C@H](C)N(C)C(=O)[C@H](C)N(C)C(=O)OC(C)(C)C)C(=O)O. The first-order valence-corrected chi connectivity index (χ1v) is 9.45. The molecule has 29 heavy (non-hydrogen) atoms. The van der Waals surface area contributed by atoms with Crippen LogP contribution in [0.2, 0.25) is 0 Å². The molecule has 0 bridgehead atoms. The highest BCUT2D eigenvalue weighted by Gasteiger charge is 2.35. The predicted octanol–water partition coefficient (Wildman–Crippen LogP) is 0.675. The van der Waals surface area contributed by atoms with Gasteiger partial charge in [0.25, 0.3) is 0 Å². The Morgan fingerprint density at radius 3 is 1.79 bits per heavy atom. The van der Waals surface area contributed by atoms with E-state index in [0.29, 0.717) is 0 Å². The van der Waals surface area contributed by atoms with Crippen LogP contribution in [0.4, 0.5) is 4.79 Å². The second-order valence-electron chi connectivity index (χ2n) is 8.45. The van der Waals surface area contributed by atoms with Crippen LogP contribution in [-0.4, -0.2) is 87.8 Å². The van der Waals surface area contributed by atoms with Crippen molar-refractivity contribution in [2.45, 2.75) is 78.3 Å². The lowest BCUT2D eigenvalue weighted by atomic mass is 9.99. The molecule has 4 atom stereocenters. The Morgan fingerprint density at radius 1 is 0.931 bits per heavy atom. The van der Waals surface area contributed by atoms with E-state index >= 15 is 0 Å². The molecule has 0 radical (unpaired) electrons. The summed E-state index contributed by atoms with van der Waals surface area (Å²) < 4.78 is 5.23. The maximum atomic E-state index is 12.7. The van der Waals surface area contributed by atoms with Crippen molar-refractivity contribution in [3.05, 3.63) is 0 Å². The van der Waals surface area contributed by atoms with Gasteiger partial charge in [0.15, 0.2) is 6.04 Å². The number of carbonyl (C=O) groups is 4. The molecular formula is C19H35N3O7. The first-order valence-electron chi connectivity index (χ1n) is 9.45. The van der Waals surface area contributed by atoms with Gasteiger partial charge in [-0.25, -0.2) is 9.59 Å². The van der Waals surface area contributed by atoms with Crippen molar-refractivity contribution in [2.75, 3.05) is 14.1 Å². The molecule has 10 nitrogen and oxygen atoms in total. The highest BCUT2D eigenvalue weighted by Crippen LogP contribution is 2.13. The van der Waals surface area contributed by atoms with Gasteiger partial charge in [-0.15, -0.1) is 0 Å². The molecule has 0 rings (SSSR count). The highest BCUT2D eigenvalue weighted by atomic mass is 16.6. The molecule has 0 fully saturated rings. The lowest BCUT2D eigenvalue weighted by molar-refractivity contribution is -0.148. The number of hydrogen-bond acceptors (Lipinski definition) is 6. The fourth-order valence-corrected chi connectivity index (χ4v) is 2.27. The van der Waals surface area contributed by atoms with Crippen LogP contribution in [0, 0.1) is 5.92 Å². The zero-order valence-corrected chi connectivity index (χ0v) is 18.7. The first kappa shape index (κ1) is 26.6. The van der Waals surface area contributed by atoms with Gasteiger partial charge >= 0.3 is 12.1 Å². The average Bonchev–Trinajstić information content (AvgIpc) is 2.60. The number of amides is 3. The fourth-order valence-electron chi connectivity index (χ4n) is 2.27. The van der Waals surface area contributed by atoms with Crippen LogP contribution < -0.4 is 5.32 Å². The number of rotatable bonds is 8. The predicted molar refractivity (Wildman–Crippen MR) is 106 cm³/mol. The smallest absolute Gasteiger partial charge is 0.410 e. The molecule has 0 aromatic rings. The minimum Gasteiger partial charge on any atom is -0.480 e. The topological polar surface area (TPSA) is 136 Å². The van der Waals surface area contributed by atoms with Crippen molar-refractivity contribution in [1.29, 1.82) is 0 Å². The third-order valence-corrected chi connectivity index (χ3v) is 4.52. The van der Waals surface area contributed by atoms with E-state index in [1.54, 1.807) is 34.6 Å². The number of aliphatic carboxylic acids is 1. The van der Waals surface area contributed by atoms with Crippen LogP contribution in [0.25, 0.3) is 0 Å². The van der Waals surface area contributed by atoms with Gasteiger partial charge in [-0.2, -0.15) is 0 Å². The Bertz CT molecular complexity index is 615. The molecule has 3 amide bonds. The molecular weight excluding hydrogens is 382 g/mol. The van der Waals surface area contributed by atoms with E-state index < -0.39 is 59.6 Å². The lowest BCUT2D eigenvalue weighted by Crippen LogP contribution is -2.57. The minimum atomic E-state index is -1.50. The molecule has 0 aliphatic heterocycles. The number of carboxylic acid groups (broad SMARTS) is 1. The number of aliphatic hydroxyl groups excluding tert-OH is 1. The number of likely N-dealkylation sites (N-methyl/N-ethyl adjacent to an activating group) is 2. The summed E-state index contributed by atoms with van der Waals surface area (Å²) in [5, 5.41) is 21.6. The van der Waals surface area contributed by atoms with Gasteiger partial charge in [0.1, 0.15) is 17.7 Å². The molecule has 10 heteroatoms. The Hall–Kier alpha value is -2.36. The normalized spacial score (nSPS) is 15.7. The van der Waals surface area contributed by atoms with Gasteiger partial charge in [-0.3, -0.25) is 14.5 Å². The number of ether oxygens (including phenoxy) is 1. The largest absolute Gasteiger partial charge is 0.480 e. The second-order valence-corrected chi connectivity index (χ2v) is 8.45. The monoisotopic (exact) mass is 417 g/mol. The van der Waals surface area contributed by atoms with Gasteiger partial charge in [-0.05, 0) is 40.5 Å². The average molecular weight is 418 g/mol. The number of carbonyl (C=O) groups excluding carboxylic acids is 3. The minimum absolute atomic E-state index is 0.395. The molecule has 0 heterocycles. The number of aliphatic hydroxyl groups is 1. The maximum Gasteiger partial charge on any atom is 0.410 e. The summed E-state index contributed by atoms with van der Waals surface area (Å²) in [6, 6.07) is -3.45. The Labute approximate surface area is 172 Å². The quantitative estimate of drug-likeness (QED) is 0.528. The molecule has 3 N–H and O–H groups in total. The summed E-state index contributed by atoms with van der Waals surface area (Å²) in [7, 11) is 2.79. The zero-order chi connectivity index (χ0) is 23.3. The molecule has 0 aromatic carbocycles. The Morgan fingerprint density at radius 2 is 1.41 bits per heavy atom. The van der Waals surface area contributed by atoms with Gasteiger partial charge in [0.2, 0.25) is 11.8 Å². The lowest BCUT2D eigenvalue weighted by Gasteiger charge is -2.33. The van der Waals surface area contributed by atoms with Gasteiger partial charge < -0.3 is 25.2 Å². The summed E-state index contributed by atoms with van der Waals surface area (Å²) in [4.78, 5) is 50.9. The zero-order valence-electron chi connectivity index (χ0n) is 18.7. The molecule has 168 valence electrons. The third kappa shape index (κ3) is 7.88. The molecule has 0 aliphatic carbocycles. The van der Waals surface area contributed by atoms with Gasteiger partial charge in [-0.1, -0.05) is 13.8 Å². The van der Waals surface area contributed by atoms with Crippen molar-refractivity contribution in [3.8, 4) is 0 Å². The van der Waals surface area contributed by atoms with Crippen molar-refractivity contribution in [2.24, 2.45) is 5.92 Å². The molecule has 0 aliphatic rings. The molecule has 0 saturated heterocycles. The van der Waals surface area contributed by atoms with Crippen LogP contribution in [0.5, 0.6) is 0 Å². The van der Waals surface area contributed by atoms with Crippen LogP contribution in [0.1, 0.15) is 48.5 Å². The van der Waals surface area contributed by atoms with E-state index in [4.69, 9.17) is 4.74 Å². The van der Waals surface area contributed by atoms with Crippen LogP contribution in [-0.2, 0) is 19.1 Å². The Kier molecular flexibility index (Phi) is 9.58. The van der Waals surface area contributed by atoms with E-state index in [2.05, 4.69) is 5.32 Å². The van der Waals surface area contributed by atoms with Crippen molar-refractivity contribution < 1.29 is 34.1 Å². The molecule has 0 spiro atoms. The highest BCUT2D eigenvalue weighted by molar-refractivity contribution is 5.92. The van der Waals surface area contributed by atoms with Crippen molar-refractivity contribution in [1.82, 2.24) is 15.1 Å². The standard InChI is InChI=1S/C19H35N3O7/c1-10(2)14(23)13(17(26)27)20-15(24)11(3)21(8)16(25)12(4)22(9)18(28)29-19(5,6)7/h10-14,23H,1-9H3,(H,20,24)(H,26,27)/t11-,12-,13+,14+/m0/s1. The summed E-state index contributed by atoms with van der Waals surface area (Å²) in [6.45, 7) is 11.3. The van der Waals surface area contributed by atoms with E-state index in [1.807, 2.05) is 0 Å². The summed E-state index contributed by atoms with van der Waals surface area (Å²) in [6.07, 6.45) is -1.98.